The van der Waals surface area contributed by atoms with Crippen molar-refractivity contribution < 1.29 is 46.9 Å². The number of halogens is 1. The summed E-state index contributed by atoms with van der Waals surface area (Å²) < 4.78 is 15.3. The first-order valence-corrected chi connectivity index (χ1v) is 5.72. The van der Waals surface area contributed by atoms with E-state index in [4.69, 9.17) is 4.74 Å². The van der Waals surface area contributed by atoms with Crippen molar-refractivity contribution in [2.75, 3.05) is 7.18 Å². The number of phenols is 1. The fourth-order valence-corrected chi connectivity index (χ4v) is 2.13. The normalized spacial score (nSPS) is 13.7. The summed E-state index contributed by atoms with van der Waals surface area (Å²) in [6.07, 6.45) is 2.99. The molecule has 0 saturated carbocycles. The number of benzene rings is 1. The zero-order chi connectivity index (χ0) is 13.2. The molecule has 1 N–H and O–H groups in total. The van der Waals surface area contributed by atoms with E-state index in [9.17, 15) is 9.50 Å². The summed E-state index contributed by atoms with van der Waals surface area (Å²) in [5.41, 5.74) is 4.13. The summed E-state index contributed by atoms with van der Waals surface area (Å²) in [4.78, 5) is 0. The molecule has 0 amide bonds. The minimum absolute atomic E-state index is 0. The number of alkyl halides is 1. The molecule has 1 aliphatic heterocycles. The van der Waals surface area contributed by atoms with E-state index in [1.54, 1.807) is 0 Å². The minimum Gasteiger partial charge on any atom is -0.659 e. The van der Waals surface area contributed by atoms with E-state index >= 15 is 0 Å². The molecule has 1 aromatic rings. The van der Waals surface area contributed by atoms with Crippen LogP contribution in [0, 0.1) is 26.9 Å². The molecule has 0 unspecified atom stereocenters. The van der Waals surface area contributed by atoms with Gasteiger partial charge in [0.25, 0.3) is 0 Å². The Bertz CT molecular complexity index is 419. The zero-order valence-corrected chi connectivity index (χ0v) is 14.6. The second-order valence-electron chi connectivity index (χ2n) is 4.34. The number of ether oxygens (including phenoxy) is 1. The van der Waals surface area contributed by atoms with Crippen molar-refractivity contribution in [1.82, 2.24) is 0 Å². The van der Waals surface area contributed by atoms with Crippen LogP contribution in [-0.4, -0.2) is 12.3 Å². The van der Waals surface area contributed by atoms with Crippen molar-refractivity contribution >= 4 is 0 Å². The van der Waals surface area contributed by atoms with Gasteiger partial charge < -0.3 is 9.84 Å². The first-order chi connectivity index (χ1) is 8.02. The number of rotatable bonds is 0. The molecule has 1 heterocycles. The number of aromatic hydroxyl groups is 1. The van der Waals surface area contributed by atoms with Crippen molar-refractivity contribution in [3.05, 3.63) is 28.4 Å². The van der Waals surface area contributed by atoms with Crippen LogP contribution in [0.3, 0.4) is 0 Å². The van der Waals surface area contributed by atoms with E-state index in [1.807, 2.05) is 27.7 Å². The van der Waals surface area contributed by atoms with Gasteiger partial charge in [0.05, 0.1) is 12.9 Å². The molecule has 99 valence electrons. The quantitative estimate of drug-likeness (QED) is 0.735. The van der Waals surface area contributed by atoms with Gasteiger partial charge in [-0.25, -0.2) is 0 Å². The molecule has 1 aliphatic rings. The van der Waals surface area contributed by atoms with Crippen LogP contribution < -0.4 is 4.74 Å². The molecule has 1 aromatic carbocycles. The fraction of sp³-hybridized carbons (Fsp3) is 0.500. The van der Waals surface area contributed by atoms with Gasteiger partial charge >= 0.3 is 0 Å². The summed E-state index contributed by atoms with van der Waals surface area (Å²) in [7, 11) is 0.500. The van der Waals surface area contributed by atoms with Crippen molar-refractivity contribution in [3.63, 3.8) is 0 Å². The topological polar surface area (TPSA) is 29.5 Å². The molecule has 0 saturated heterocycles. The Hall–Kier alpha value is -0.146. The number of hydrogen-bond acceptors (Lipinski definition) is 2. The van der Waals surface area contributed by atoms with E-state index in [0.29, 0.717) is 12.9 Å². The average Bonchev–Trinajstić information content (AvgIpc) is 2.36. The third kappa shape index (κ3) is 3.24. The molecule has 0 spiro atoms. The van der Waals surface area contributed by atoms with E-state index in [-0.39, 0.29) is 32.7 Å². The fourth-order valence-electron chi connectivity index (χ4n) is 2.13. The Kier molecular flexibility index (Phi) is 7.38. The third-order valence-electron chi connectivity index (χ3n) is 3.34. The molecule has 2 rings (SSSR count). The van der Waals surface area contributed by atoms with Gasteiger partial charge in [0.1, 0.15) is 5.75 Å². The Morgan fingerprint density at radius 2 is 1.67 bits per heavy atom. The SMILES string of the molecule is CF.Cc1c(C)c2c(c(C)c1O)CC[C-](C)O2.[Y]. The van der Waals surface area contributed by atoms with Crippen LogP contribution in [0.1, 0.15) is 35.6 Å². The van der Waals surface area contributed by atoms with Crippen LogP contribution in [0.25, 0.3) is 0 Å². The zero-order valence-electron chi connectivity index (χ0n) is 11.7. The predicted octanol–water partition coefficient (Wildman–Crippen LogP) is 3.78. The number of phenolic OH excluding ortho intramolecular Hbond substituents is 1. The molecular weight excluding hydrogens is 308 g/mol. The smallest absolute Gasteiger partial charge is 0.122 e. The molecule has 1 radical (unpaired) electrons. The van der Waals surface area contributed by atoms with Crippen LogP contribution in [-0.2, 0) is 39.1 Å². The Morgan fingerprint density at radius 3 is 2.22 bits per heavy atom. The second-order valence-corrected chi connectivity index (χ2v) is 4.34. The minimum atomic E-state index is 0. The van der Waals surface area contributed by atoms with Gasteiger partial charge in [-0.3, -0.25) is 4.39 Å². The van der Waals surface area contributed by atoms with Gasteiger partial charge in [-0.15, -0.1) is 12.5 Å². The van der Waals surface area contributed by atoms with Crippen LogP contribution in [0.2, 0.25) is 0 Å². The monoisotopic (exact) mass is 328 g/mol. The Labute approximate surface area is 134 Å². The van der Waals surface area contributed by atoms with Gasteiger partial charge in [0.2, 0.25) is 0 Å². The largest absolute Gasteiger partial charge is 0.659 e. The van der Waals surface area contributed by atoms with Crippen molar-refractivity contribution in [3.8, 4) is 11.5 Å². The van der Waals surface area contributed by atoms with Crippen LogP contribution in [0.5, 0.6) is 11.5 Å². The van der Waals surface area contributed by atoms with Crippen molar-refractivity contribution in [2.45, 2.75) is 40.5 Å². The molecule has 4 heteroatoms. The maximum atomic E-state index is 9.95. The van der Waals surface area contributed by atoms with Gasteiger partial charge in [0.15, 0.2) is 0 Å². The van der Waals surface area contributed by atoms with Crippen molar-refractivity contribution in [1.29, 1.82) is 0 Å². The van der Waals surface area contributed by atoms with Gasteiger partial charge in [-0.1, -0.05) is 0 Å². The number of fused-ring (bicyclic) bond motifs is 1. The van der Waals surface area contributed by atoms with Crippen LogP contribution in [0.15, 0.2) is 0 Å². The van der Waals surface area contributed by atoms with Crippen LogP contribution >= 0.6 is 0 Å². The van der Waals surface area contributed by atoms with E-state index < -0.39 is 0 Å². The molecule has 0 bridgehead atoms. The maximum Gasteiger partial charge on any atom is 0.122 e. The van der Waals surface area contributed by atoms with Gasteiger partial charge in [-0.2, -0.15) is 6.92 Å². The van der Waals surface area contributed by atoms with E-state index in [0.717, 1.165) is 41.4 Å². The number of hydrogen-bond donors (Lipinski definition) is 1. The first-order valence-electron chi connectivity index (χ1n) is 5.72. The van der Waals surface area contributed by atoms with Crippen LogP contribution in [0.4, 0.5) is 4.39 Å². The summed E-state index contributed by atoms with van der Waals surface area (Å²) in [6, 6.07) is 0. The third-order valence-corrected chi connectivity index (χ3v) is 3.34. The second kappa shape index (κ2) is 7.44. The first kappa shape index (κ1) is 17.9. The molecule has 0 aromatic heterocycles. The Balaban J connectivity index is 0.000000917. The van der Waals surface area contributed by atoms with Gasteiger partial charge in [-0.05, 0) is 49.4 Å². The molecule has 0 atom stereocenters. The summed E-state index contributed by atoms with van der Waals surface area (Å²) in [5, 5.41) is 9.95. The van der Waals surface area contributed by atoms with Crippen molar-refractivity contribution in [2.24, 2.45) is 0 Å². The molecule has 18 heavy (non-hydrogen) atoms. The van der Waals surface area contributed by atoms with Gasteiger partial charge in [0, 0.05) is 32.7 Å². The summed E-state index contributed by atoms with van der Waals surface area (Å²) in [6.45, 7) is 7.92. The standard InChI is InChI=1S/C13H17O2.CH3F.Y/c1-7-5-6-11-10(4)12(14)8(2)9(3)13(11)15-7;1-2;/h14H,5-6H2,1-4H3;1H3;/q-1;;. The summed E-state index contributed by atoms with van der Waals surface area (Å²) in [5.74, 6) is 1.39. The molecular formula is C14H20FO2Y-. The summed E-state index contributed by atoms with van der Waals surface area (Å²) >= 11 is 0. The molecule has 2 nitrogen and oxygen atoms in total. The predicted molar refractivity (Wildman–Crippen MR) is 67.2 cm³/mol. The maximum absolute atomic E-state index is 9.95. The van der Waals surface area contributed by atoms with E-state index in [1.165, 1.54) is 5.56 Å². The van der Waals surface area contributed by atoms with E-state index in [2.05, 4.69) is 0 Å². The molecule has 0 aliphatic carbocycles. The molecule has 0 fully saturated rings. The Morgan fingerprint density at radius 1 is 1.11 bits per heavy atom. The average molecular weight is 328 g/mol.